The third-order valence-electron chi connectivity index (χ3n) is 5.97. The van der Waals surface area contributed by atoms with E-state index in [1.807, 2.05) is 48.5 Å². The molecule has 1 aliphatic carbocycles. The lowest BCUT2D eigenvalue weighted by Crippen LogP contribution is -2.44. The Morgan fingerprint density at radius 1 is 1.00 bits per heavy atom. The molecule has 0 radical (unpaired) electrons. The highest BCUT2D eigenvalue weighted by molar-refractivity contribution is 5.79. The smallest absolute Gasteiger partial charge is 0.233 e. The topological polar surface area (TPSA) is 97.1 Å². The largest absolute Gasteiger partial charge is 0.354 e. The fourth-order valence-corrected chi connectivity index (χ4v) is 4.33. The summed E-state index contributed by atoms with van der Waals surface area (Å²) < 4.78 is 0. The summed E-state index contributed by atoms with van der Waals surface area (Å²) in [6, 6.07) is 15.7. The van der Waals surface area contributed by atoms with E-state index >= 15 is 0 Å². The molecule has 1 aliphatic rings. The molecule has 4 N–H and O–H groups in total. The summed E-state index contributed by atoms with van der Waals surface area (Å²) in [5.74, 6) is -0.152. The number of nitrogens with two attached hydrogens (primary N) is 1. The predicted molar refractivity (Wildman–Crippen MR) is 117 cm³/mol. The average molecular weight is 409 g/mol. The number of amides is 2. The molecule has 0 aliphatic heterocycles. The fraction of sp³-hybridized carbons (Fsp3) is 0.458. The van der Waals surface area contributed by atoms with Crippen molar-refractivity contribution in [3.8, 4) is 0 Å². The third-order valence-corrected chi connectivity index (χ3v) is 5.97. The Hall–Kier alpha value is -2.73. The second-order valence-corrected chi connectivity index (χ2v) is 8.27. The summed E-state index contributed by atoms with van der Waals surface area (Å²) >= 11 is 0. The van der Waals surface area contributed by atoms with Gasteiger partial charge in [-0.15, -0.1) is 0 Å². The minimum atomic E-state index is -0.195. The Morgan fingerprint density at radius 2 is 1.73 bits per heavy atom. The third kappa shape index (κ3) is 6.39. The van der Waals surface area contributed by atoms with Gasteiger partial charge in [0, 0.05) is 31.3 Å². The Kier molecular flexibility index (Phi) is 7.97. The van der Waals surface area contributed by atoms with Crippen LogP contribution in [0.25, 0.3) is 0 Å². The first-order valence-corrected chi connectivity index (χ1v) is 10.8. The number of aromatic nitrogens is 1. The summed E-state index contributed by atoms with van der Waals surface area (Å²) in [4.78, 5) is 29.3. The summed E-state index contributed by atoms with van der Waals surface area (Å²) in [5, 5.41) is 6.16. The van der Waals surface area contributed by atoms with Crippen LogP contribution in [0.2, 0.25) is 0 Å². The number of pyridine rings is 1. The number of nitrogens with zero attached hydrogens (tertiary/aromatic N) is 1. The van der Waals surface area contributed by atoms with Crippen LogP contribution >= 0.6 is 0 Å². The molecule has 30 heavy (non-hydrogen) atoms. The summed E-state index contributed by atoms with van der Waals surface area (Å²) in [6.07, 6.45) is 8.06. The molecule has 1 aromatic heterocycles. The van der Waals surface area contributed by atoms with Crippen LogP contribution in [0.3, 0.4) is 0 Å². The maximum atomic E-state index is 13.1. The molecule has 160 valence electrons. The molecule has 0 spiro atoms. The molecule has 2 aromatic rings. The van der Waals surface area contributed by atoms with Crippen LogP contribution in [0.4, 0.5) is 0 Å². The molecule has 1 aromatic carbocycles. The lowest BCUT2D eigenvalue weighted by Gasteiger charge is -2.37. The van der Waals surface area contributed by atoms with Crippen LogP contribution in [-0.2, 0) is 16.0 Å². The molecule has 2 amide bonds. The Balaban J connectivity index is 1.71. The standard InChI is InChI=1S/C24H32N4O2/c25-17-23(30)27-18-24(12-6-2-7-13-24)16-22(29)28-21(19-9-3-1-4-10-19)15-20-11-5-8-14-26-20/h1,3-5,8-11,14,21H,2,6-7,12-13,15-18,25H2,(H,27,30)(H,28,29). The second-order valence-electron chi connectivity index (χ2n) is 8.27. The van der Waals surface area contributed by atoms with Gasteiger partial charge in [0.15, 0.2) is 0 Å². The highest BCUT2D eigenvalue weighted by atomic mass is 16.2. The van der Waals surface area contributed by atoms with Gasteiger partial charge in [-0.1, -0.05) is 55.7 Å². The molecule has 1 fully saturated rings. The summed E-state index contributed by atoms with van der Waals surface area (Å²) in [5.41, 5.74) is 7.24. The van der Waals surface area contributed by atoms with Crippen LogP contribution < -0.4 is 16.4 Å². The molecule has 6 nitrogen and oxygen atoms in total. The number of nitrogens with one attached hydrogen (secondary N) is 2. The quantitative estimate of drug-likeness (QED) is 0.594. The first-order valence-electron chi connectivity index (χ1n) is 10.8. The van der Waals surface area contributed by atoms with Crippen molar-refractivity contribution < 1.29 is 9.59 Å². The normalized spacial score (nSPS) is 16.4. The van der Waals surface area contributed by atoms with E-state index in [-0.39, 0.29) is 29.8 Å². The van der Waals surface area contributed by atoms with E-state index in [0.717, 1.165) is 36.9 Å². The first kappa shape index (κ1) is 22.0. The average Bonchev–Trinajstić information content (AvgIpc) is 2.79. The zero-order chi connectivity index (χ0) is 21.2. The van der Waals surface area contributed by atoms with Crippen LogP contribution in [0.15, 0.2) is 54.7 Å². The van der Waals surface area contributed by atoms with Gasteiger partial charge in [-0.2, -0.15) is 0 Å². The predicted octanol–water partition coefficient (Wildman–Crippen LogP) is 2.90. The van der Waals surface area contributed by atoms with E-state index < -0.39 is 0 Å². The molecule has 0 bridgehead atoms. The van der Waals surface area contributed by atoms with E-state index in [2.05, 4.69) is 15.6 Å². The van der Waals surface area contributed by atoms with Crippen LogP contribution in [0.1, 0.15) is 55.8 Å². The van der Waals surface area contributed by atoms with Gasteiger partial charge in [-0.25, -0.2) is 0 Å². The van der Waals surface area contributed by atoms with Crippen molar-refractivity contribution in [2.24, 2.45) is 11.1 Å². The number of rotatable bonds is 9. The zero-order valence-corrected chi connectivity index (χ0v) is 17.5. The van der Waals surface area contributed by atoms with Crippen molar-refractivity contribution in [2.45, 2.75) is 51.0 Å². The molecule has 1 heterocycles. The van der Waals surface area contributed by atoms with E-state index in [1.165, 1.54) is 6.42 Å². The van der Waals surface area contributed by atoms with Crippen molar-refractivity contribution in [1.29, 1.82) is 0 Å². The van der Waals surface area contributed by atoms with E-state index in [0.29, 0.717) is 19.4 Å². The highest BCUT2D eigenvalue weighted by Crippen LogP contribution is 2.39. The second kappa shape index (κ2) is 10.9. The van der Waals surface area contributed by atoms with Gasteiger partial charge in [0.2, 0.25) is 11.8 Å². The maximum absolute atomic E-state index is 13.1. The number of carbonyl (C=O) groups excluding carboxylic acids is 2. The first-order chi connectivity index (χ1) is 14.6. The lowest BCUT2D eigenvalue weighted by molar-refractivity contribution is -0.126. The van der Waals surface area contributed by atoms with Crippen molar-refractivity contribution in [3.05, 3.63) is 66.0 Å². The number of hydrogen-bond acceptors (Lipinski definition) is 4. The zero-order valence-electron chi connectivity index (χ0n) is 17.5. The monoisotopic (exact) mass is 408 g/mol. The molecule has 1 saturated carbocycles. The number of benzene rings is 1. The molecule has 6 heteroatoms. The van der Waals surface area contributed by atoms with Crippen molar-refractivity contribution in [1.82, 2.24) is 15.6 Å². The lowest BCUT2D eigenvalue weighted by atomic mass is 9.71. The van der Waals surface area contributed by atoms with E-state index in [1.54, 1.807) is 6.20 Å². The SMILES string of the molecule is NCC(=O)NCC1(CC(=O)NC(Cc2ccccn2)c2ccccc2)CCCCC1. The number of carbonyl (C=O) groups is 2. The Labute approximate surface area is 178 Å². The van der Waals surface area contributed by atoms with E-state index in [9.17, 15) is 9.59 Å². The molecular weight excluding hydrogens is 376 g/mol. The van der Waals surface area contributed by atoms with Gasteiger partial charge >= 0.3 is 0 Å². The molecule has 1 unspecified atom stereocenters. The maximum Gasteiger partial charge on any atom is 0.233 e. The van der Waals surface area contributed by atoms with Crippen molar-refractivity contribution in [2.75, 3.05) is 13.1 Å². The van der Waals surface area contributed by atoms with Gasteiger partial charge in [0.1, 0.15) is 0 Å². The molecule has 0 saturated heterocycles. The van der Waals surface area contributed by atoms with Crippen LogP contribution in [-0.4, -0.2) is 29.9 Å². The highest BCUT2D eigenvalue weighted by Gasteiger charge is 2.35. The van der Waals surface area contributed by atoms with Gasteiger partial charge < -0.3 is 16.4 Å². The summed E-state index contributed by atoms with van der Waals surface area (Å²) in [6.45, 7) is 0.481. The van der Waals surface area contributed by atoms with Crippen LogP contribution in [0.5, 0.6) is 0 Å². The van der Waals surface area contributed by atoms with E-state index in [4.69, 9.17) is 5.73 Å². The fourth-order valence-electron chi connectivity index (χ4n) is 4.33. The summed E-state index contributed by atoms with van der Waals surface area (Å²) in [7, 11) is 0. The van der Waals surface area contributed by atoms with Gasteiger partial charge in [-0.3, -0.25) is 14.6 Å². The van der Waals surface area contributed by atoms with Crippen molar-refractivity contribution in [3.63, 3.8) is 0 Å². The van der Waals surface area contributed by atoms with Gasteiger partial charge in [0.05, 0.1) is 12.6 Å². The van der Waals surface area contributed by atoms with Crippen molar-refractivity contribution >= 4 is 11.8 Å². The van der Waals surface area contributed by atoms with Gasteiger partial charge in [0.25, 0.3) is 0 Å². The van der Waals surface area contributed by atoms with Crippen LogP contribution in [0, 0.1) is 5.41 Å². The molecular formula is C24H32N4O2. The minimum Gasteiger partial charge on any atom is -0.354 e. The van der Waals surface area contributed by atoms with Gasteiger partial charge in [-0.05, 0) is 36.0 Å². The number of hydrogen-bond donors (Lipinski definition) is 3. The Bertz CT molecular complexity index is 804. The Morgan fingerprint density at radius 3 is 2.40 bits per heavy atom. The molecule has 1 atom stereocenters. The molecule has 3 rings (SSSR count). The minimum absolute atomic E-state index is 0.0173.